The smallest absolute Gasteiger partial charge is 0.307 e. The standard InChI is InChI=1S/C14H22N2O2S2/c1-10(2)14-15-11(8-20-14)7-16-4-5-19-9-12(16)6-13(17)18-3/h8,10,12H,4-7,9H2,1-3H3. The van der Waals surface area contributed by atoms with E-state index in [1.54, 1.807) is 11.3 Å². The van der Waals surface area contributed by atoms with Crippen LogP contribution in [0.25, 0.3) is 0 Å². The van der Waals surface area contributed by atoms with Gasteiger partial charge in [0.05, 0.1) is 24.2 Å². The average Bonchev–Trinajstić information content (AvgIpc) is 2.89. The zero-order valence-electron chi connectivity index (χ0n) is 12.3. The molecule has 4 nitrogen and oxygen atoms in total. The largest absolute Gasteiger partial charge is 0.469 e. The van der Waals surface area contributed by atoms with Gasteiger partial charge in [0.1, 0.15) is 0 Å². The second-order valence-electron chi connectivity index (χ2n) is 5.31. The Labute approximate surface area is 128 Å². The summed E-state index contributed by atoms with van der Waals surface area (Å²) >= 11 is 3.64. The van der Waals surface area contributed by atoms with Gasteiger partial charge in [-0.15, -0.1) is 11.3 Å². The molecule has 0 spiro atoms. The van der Waals surface area contributed by atoms with Gasteiger partial charge in [0.15, 0.2) is 0 Å². The minimum absolute atomic E-state index is 0.122. The van der Waals surface area contributed by atoms with Crippen LogP contribution in [0, 0.1) is 0 Å². The number of esters is 1. The summed E-state index contributed by atoms with van der Waals surface area (Å²) in [7, 11) is 1.46. The van der Waals surface area contributed by atoms with Crippen molar-refractivity contribution in [2.75, 3.05) is 25.2 Å². The highest BCUT2D eigenvalue weighted by Crippen LogP contribution is 2.24. The van der Waals surface area contributed by atoms with Crippen molar-refractivity contribution in [3.05, 3.63) is 16.1 Å². The molecule has 1 saturated heterocycles. The molecule has 1 fully saturated rings. The Hall–Kier alpha value is -0.590. The lowest BCUT2D eigenvalue weighted by Crippen LogP contribution is -2.43. The first-order valence-electron chi connectivity index (χ1n) is 6.93. The van der Waals surface area contributed by atoms with Crippen molar-refractivity contribution in [1.29, 1.82) is 0 Å². The molecule has 0 aliphatic carbocycles. The Morgan fingerprint density at radius 1 is 1.60 bits per heavy atom. The molecule has 1 aliphatic rings. The third-order valence-corrected chi connectivity index (χ3v) is 5.69. The average molecular weight is 314 g/mol. The fourth-order valence-electron chi connectivity index (χ4n) is 2.23. The van der Waals surface area contributed by atoms with Crippen LogP contribution in [0.2, 0.25) is 0 Å². The van der Waals surface area contributed by atoms with Gasteiger partial charge in [-0.1, -0.05) is 13.8 Å². The van der Waals surface area contributed by atoms with Gasteiger partial charge in [0.2, 0.25) is 0 Å². The predicted molar refractivity (Wildman–Crippen MR) is 84.4 cm³/mol. The lowest BCUT2D eigenvalue weighted by Gasteiger charge is -2.34. The van der Waals surface area contributed by atoms with Gasteiger partial charge < -0.3 is 4.74 Å². The van der Waals surface area contributed by atoms with Crippen LogP contribution < -0.4 is 0 Å². The van der Waals surface area contributed by atoms with Crippen LogP contribution >= 0.6 is 23.1 Å². The maximum absolute atomic E-state index is 11.5. The van der Waals surface area contributed by atoms with Crippen LogP contribution in [0.15, 0.2) is 5.38 Å². The molecule has 0 radical (unpaired) electrons. The Morgan fingerprint density at radius 3 is 3.05 bits per heavy atom. The number of ether oxygens (including phenoxy) is 1. The summed E-state index contributed by atoms with van der Waals surface area (Å²) in [6, 6.07) is 0.269. The molecule has 1 aromatic rings. The number of carbonyl (C=O) groups excluding carboxylic acids is 1. The molecule has 6 heteroatoms. The molecule has 0 saturated carbocycles. The summed E-state index contributed by atoms with van der Waals surface area (Å²) in [5.74, 6) is 2.48. The molecular weight excluding hydrogens is 292 g/mol. The molecule has 20 heavy (non-hydrogen) atoms. The Morgan fingerprint density at radius 2 is 2.40 bits per heavy atom. The summed E-state index contributed by atoms with van der Waals surface area (Å²) in [4.78, 5) is 18.6. The van der Waals surface area contributed by atoms with Crippen molar-refractivity contribution in [3.8, 4) is 0 Å². The number of aromatic nitrogens is 1. The van der Waals surface area contributed by atoms with Crippen molar-refractivity contribution in [2.24, 2.45) is 0 Å². The van der Waals surface area contributed by atoms with Gasteiger partial charge in [-0.3, -0.25) is 9.69 Å². The van der Waals surface area contributed by atoms with E-state index in [9.17, 15) is 4.79 Å². The van der Waals surface area contributed by atoms with E-state index < -0.39 is 0 Å². The van der Waals surface area contributed by atoms with Crippen molar-refractivity contribution in [2.45, 2.75) is 38.8 Å². The summed E-state index contributed by atoms with van der Waals surface area (Å²) in [5.41, 5.74) is 1.13. The van der Waals surface area contributed by atoms with Crippen molar-refractivity contribution >= 4 is 29.1 Å². The molecule has 112 valence electrons. The first kappa shape index (κ1) is 15.8. The van der Waals surface area contributed by atoms with Crippen molar-refractivity contribution < 1.29 is 9.53 Å². The van der Waals surface area contributed by atoms with Crippen LogP contribution in [-0.4, -0.2) is 47.1 Å². The third-order valence-electron chi connectivity index (χ3n) is 3.41. The highest BCUT2D eigenvalue weighted by molar-refractivity contribution is 7.99. The second kappa shape index (κ2) is 7.43. The Bertz CT molecular complexity index is 448. The number of thioether (sulfide) groups is 1. The van der Waals surface area contributed by atoms with Gasteiger partial charge in [-0.05, 0) is 0 Å². The SMILES string of the molecule is COC(=O)CC1CSCCN1Cc1csc(C(C)C)n1. The molecular formula is C14H22N2O2S2. The molecule has 2 rings (SSSR count). The first-order chi connectivity index (χ1) is 9.60. The van der Waals surface area contributed by atoms with Crippen LogP contribution in [0.5, 0.6) is 0 Å². The van der Waals surface area contributed by atoms with E-state index in [2.05, 4.69) is 24.1 Å². The minimum Gasteiger partial charge on any atom is -0.469 e. The highest BCUT2D eigenvalue weighted by Gasteiger charge is 2.26. The monoisotopic (exact) mass is 314 g/mol. The second-order valence-corrected chi connectivity index (χ2v) is 7.35. The highest BCUT2D eigenvalue weighted by atomic mass is 32.2. The van der Waals surface area contributed by atoms with Gasteiger partial charge in [0.25, 0.3) is 0 Å². The number of hydrogen-bond donors (Lipinski definition) is 0. The maximum atomic E-state index is 11.5. The third kappa shape index (κ3) is 4.20. The van der Waals surface area contributed by atoms with Crippen LogP contribution in [0.3, 0.4) is 0 Å². The van der Waals surface area contributed by atoms with E-state index >= 15 is 0 Å². The zero-order chi connectivity index (χ0) is 14.5. The fraction of sp³-hybridized carbons (Fsp3) is 0.714. The number of thiazole rings is 1. The normalized spacial score (nSPS) is 20.3. The Balaban J connectivity index is 1.98. The van der Waals surface area contributed by atoms with Crippen molar-refractivity contribution in [1.82, 2.24) is 9.88 Å². The van der Waals surface area contributed by atoms with E-state index in [0.29, 0.717) is 12.3 Å². The quantitative estimate of drug-likeness (QED) is 0.782. The molecule has 1 unspecified atom stereocenters. The number of methoxy groups -OCH3 is 1. The van der Waals surface area contributed by atoms with Gasteiger partial charge in [-0.25, -0.2) is 4.98 Å². The summed E-state index contributed by atoms with van der Waals surface area (Å²) in [6.45, 7) is 6.19. The van der Waals surface area contributed by atoms with Crippen LogP contribution in [0.1, 0.15) is 36.9 Å². The van der Waals surface area contributed by atoms with Gasteiger partial charge >= 0.3 is 5.97 Å². The molecule has 0 aromatic carbocycles. The van der Waals surface area contributed by atoms with E-state index in [1.807, 2.05) is 11.8 Å². The molecule has 1 aromatic heterocycles. The number of hydrogen-bond acceptors (Lipinski definition) is 6. The summed E-state index contributed by atoms with van der Waals surface area (Å²) in [5, 5.41) is 3.34. The van der Waals surface area contributed by atoms with Gasteiger partial charge in [-0.2, -0.15) is 11.8 Å². The summed E-state index contributed by atoms with van der Waals surface area (Å²) < 4.78 is 4.80. The van der Waals surface area contributed by atoms with E-state index in [4.69, 9.17) is 9.72 Å². The molecule has 2 heterocycles. The van der Waals surface area contributed by atoms with Crippen LogP contribution in [-0.2, 0) is 16.1 Å². The van der Waals surface area contributed by atoms with Crippen molar-refractivity contribution in [3.63, 3.8) is 0 Å². The molecule has 1 atom stereocenters. The number of rotatable bonds is 5. The number of nitrogens with zero attached hydrogens (tertiary/aromatic N) is 2. The molecule has 0 N–H and O–H groups in total. The predicted octanol–water partition coefficient (Wildman–Crippen LogP) is 2.75. The topological polar surface area (TPSA) is 42.4 Å². The minimum atomic E-state index is -0.122. The number of carbonyl (C=O) groups is 1. The lowest BCUT2D eigenvalue weighted by molar-refractivity contribution is -0.141. The van der Waals surface area contributed by atoms with E-state index in [-0.39, 0.29) is 12.0 Å². The molecule has 0 amide bonds. The molecule has 0 bridgehead atoms. The fourth-order valence-corrected chi connectivity index (χ4v) is 4.19. The summed E-state index contributed by atoms with van der Waals surface area (Å²) in [6.07, 6.45) is 0.477. The van der Waals surface area contributed by atoms with E-state index in [1.165, 1.54) is 12.1 Å². The zero-order valence-corrected chi connectivity index (χ0v) is 13.9. The van der Waals surface area contributed by atoms with Crippen LogP contribution in [0.4, 0.5) is 0 Å². The first-order valence-corrected chi connectivity index (χ1v) is 8.96. The Kier molecular flexibility index (Phi) is 5.86. The van der Waals surface area contributed by atoms with E-state index in [0.717, 1.165) is 30.3 Å². The van der Waals surface area contributed by atoms with Gasteiger partial charge in [0, 0.05) is 41.9 Å². The maximum Gasteiger partial charge on any atom is 0.307 e. The molecule has 1 aliphatic heterocycles. The lowest BCUT2D eigenvalue weighted by atomic mass is 10.2.